The van der Waals surface area contributed by atoms with Crippen LogP contribution in [0.25, 0.3) is 11.0 Å². The molecule has 1 aliphatic rings. The maximum Gasteiger partial charge on any atom is 0.226 e. The number of benzene rings is 1. The second kappa shape index (κ2) is 5.42. The van der Waals surface area contributed by atoms with Crippen molar-refractivity contribution in [3.63, 3.8) is 0 Å². The second-order valence-corrected chi connectivity index (χ2v) is 5.88. The maximum atomic E-state index is 4.68. The molecule has 0 aliphatic carbocycles. The van der Waals surface area contributed by atoms with E-state index in [1.807, 2.05) is 18.5 Å². The van der Waals surface area contributed by atoms with Crippen LogP contribution in [-0.2, 0) is 0 Å². The minimum absolute atomic E-state index is 0.301. The van der Waals surface area contributed by atoms with E-state index in [1.54, 1.807) is 0 Å². The van der Waals surface area contributed by atoms with Crippen molar-refractivity contribution in [2.45, 2.75) is 19.0 Å². The number of hydrogen-bond acceptors (Lipinski definition) is 4. The lowest BCUT2D eigenvalue weighted by molar-refractivity contribution is 0.392. The van der Waals surface area contributed by atoms with Gasteiger partial charge in [-0.1, -0.05) is 30.3 Å². The van der Waals surface area contributed by atoms with E-state index >= 15 is 0 Å². The lowest BCUT2D eigenvalue weighted by Gasteiger charge is -2.37. The van der Waals surface area contributed by atoms with Gasteiger partial charge in [0.05, 0.1) is 23.3 Å². The van der Waals surface area contributed by atoms with Crippen molar-refractivity contribution in [3.05, 3.63) is 54.4 Å². The number of aromatic nitrogens is 3. The molecule has 0 amide bonds. The fraction of sp³-hybridized carbons (Fsp3) is 0.294. The topological polar surface area (TPSA) is 56.8 Å². The molecule has 2 N–H and O–H groups in total. The molecule has 3 aromatic rings. The molecule has 5 nitrogen and oxygen atoms in total. The zero-order valence-corrected chi connectivity index (χ0v) is 12.5. The predicted octanol–water partition coefficient (Wildman–Crippen LogP) is 2.50. The number of hydrogen-bond donors (Lipinski definition) is 2. The van der Waals surface area contributed by atoms with Crippen LogP contribution in [0.1, 0.15) is 18.5 Å². The fourth-order valence-corrected chi connectivity index (χ4v) is 3.11. The van der Waals surface area contributed by atoms with E-state index in [0.717, 1.165) is 30.1 Å². The van der Waals surface area contributed by atoms with Crippen LogP contribution in [0.4, 0.5) is 5.95 Å². The Labute approximate surface area is 129 Å². The zero-order chi connectivity index (χ0) is 14.9. The summed E-state index contributed by atoms with van der Waals surface area (Å²) in [4.78, 5) is 14.6. The van der Waals surface area contributed by atoms with Crippen molar-refractivity contribution in [2.24, 2.45) is 0 Å². The predicted molar refractivity (Wildman–Crippen MR) is 87.9 cm³/mol. The molecule has 1 aliphatic heterocycles. The second-order valence-electron chi connectivity index (χ2n) is 5.88. The Hall–Kier alpha value is -2.40. The van der Waals surface area contributed by atoms with Crippen LogP contribution in [-0.4, -0.2) is 34.1 Å². The highest BCUT2D eigenvalue weighted by molar-refractivity contribution is 5.74. The summed E-state index contributed by atoms with van der Waals surface area (Å²) in [6.45, 7) is 4.00. The van der Waals surface area contributed by atoms with Crippen molar-refractivity contribution in [2.75, 3.05) is 18.0 Å². The molecule has 1 aromatic carbocycles. The standard InChI is InChI=1S/C17H19N5/c1-12-10-22(11-16(20-12)13-5-3-2-4-6-13)17-19-9-15-14(21-17)7-8-18-15/h2-9,12,16,18,20H,10-11H2,1H3. The molecule has 0 bridgehead atoms. The third kappa shape index (κ3) is 2.44. The van der Waals surface area contributed by atoms with Gasteiger partial charge in [-0.3, -0.25) is 0 Å². The van der Waals surface area contributed by atoms with Crippen LogP contribution in [0, 0.1) is 0 Å². The molecule has 5 heteroatoms. The van der Waals surface area contributed by atoms with Crippen molar-refractivity contribution in [1.82, 2.24) is 20.3 Å². The zero-order valence-electron chi connectivity index (χ0n) is 12.5. The molecule has 2 atom stereocenters. The van der Waals surface area contributed by atoms with E-state index in [1.165, 1.54) is 5.56 Å². The molecule has 22 heavy (non-hydrogen) atoms. The van der Waals surface area contributed by atoms with Gasteiger partial charge in [0.25, 0.3) is 0 Å². The highest BCUT2D eigenvalue weighted by Crippen LogP contribution is 2.23. The smallest absolute Gasteiger partial charge is 0.226 e. The van der Waals surface area contributed by atoms with Crippen molar-refractivity contribution in [3.8, 4) is 0 Å². The van der Waals surface area contributed by atoms with Crippen molar-refractivity contribution >= 4 is 17.0 Å². The number of H-pyrrole nitrogens is 1. The van der Waals surface area contributed by atoms with Gasteiger partial charge in [-0.05, 0) is 18.6 Å². The highest BCUT2D eigenvalue weighted by atomic mass is 15.3. The van der Waals surface area contributed by atoms with Gasteiger partial charge in [0.2, 0.25) is 5.95 Å². The Balaban J connectivity index is 1.63. The molecular weight excluding hydrogens is 274 g/mol. The third-order valence-corrected chi connectivity index (χ3v) is 4.15. The number of anilines is 1. The van der Waals surface area contributed by atoms with Crippen molar-refractivity contribution < 1.29 is 0 Å². The molecule has 0 saturated carbocycles. The highest BCUT2D eigenvalue weighted by Gasteiger charge is 2.26. The van der Waals surface area contributed by atoms with E-state index in [9.17, 15) is 0 Å². The summed E-state index contributed by atoms with van der Waals surface area (Å²) in [6, 6.07) is 13.2. The fourth-order valence-electron chi connectivity index (χ4n) is 3.11. The van der Waals surface area contributed by atoms with Gasteiger partial charge < -0.3 is 15.2 Å². The van der Waals surface area contributed by atoms with Gasteiger partial charge >= 0.3 is 0 Å². The summed E-state index contributed by atoms with van der Waals surface area (Å²) in [7, 11) is 0. The van der Waals surface area contributed by atoms with Gasteiger partial charge in [-0.25, -0.2) is 9.97 Å². The lowest BCUT2D eigenvalue weighted by atomic mass is 10.0. The summed E-state index contributed by atoms with van der Waals surface area (Å²) in [5.41, 5.74) is 3.25. The van der Waals surface area contributed by atoms with Gasteiger partial charge in [0, 0.05) is 25.3 Å². The first-order valence-electron chi connectivity index (χ1n) is 7.65. The molecule has 4 rings (SSSR count). The Morgan fingerprint density at radius 1 is 1.14 bits per heavy atom. The van der Waals surface area contributed by atoms with E-state index in [0.29, 0.717) is 12.1 Å². The molecule has 1 fully saturated rings. The van der Waals surface area contributed by atoms with Crippen LogP contribution in [0.3, 0.4) is 0 Å². The molecule has 1 saturated heterocycles. The third-order valence-electron chi connectivity index (χ3n) is 4.15. The normalized spacial score (nSPS) is 22.1. The number of rotatable bonds is 2. The van der Waals surface area contributed by atoms with Crippen LogP contribution >= 0.6 is 0 Å². The van der Waals surface area contributed by atoms with Crippen LogP contribution in [0.15, 0.2) is 48.8 Å². The summed E-state index contributed by atoms with van der Waals surface area (Å²) in [5, 5.41) is 3.66. The molecular formula is C17H19N5. The van der Waals surface area contributed by atoms with Crippen LogP contribution in [0.5, 0.6) is 0 Å². The van der Waals surface area contributed by atoms with E-state index in [-0.39, 0.29) is 0 Å². The minimum Gasteiger partial charge on any atom is -0.359 e. The van der Waals surface area contributed by atoms with E-state index in [2.05, 4.69) is 62.4 Å². The quantitative estimate of drug-likeness (QED) is 0.762. The van der Waals surface area contributed by atoms with Crippen LogP contribution in [0.2, 0.25) is 0 Å². The average molecular weight is 293 g/mol. The lowest BCUT2D eigenvalue weighted by Crippen LogP contribution is -2.51. The number of fused-ring (bicyclic) bond motifs is 1. The van der Waals surface area contributed by atoms with Gasteiger partial charge in [-0.15, -0.1) is 0 Å². The molecule has 2 unspecified atom stereocenters. The average Bonchev–Trinajstić information content (AvgIpc) is 3.02. The summed E-state index contributed by atoms with van der Waals surface area (Å²) >= 11 is 0. The first-order chi connectivity index (χ1) is 10.8. The summed E-state index contributed by atoms with van der Waals surface area (Å²) in [6.07, 6.45) is 3.76. The molecule has 3 heterocycles. The first kappa shape index (κ1) is 13.3. The Morgan fingerprint density at radius 2 is 2.00 bits per heavy atom. The maximum absolute atomic E-state index is 4.68. The number of nitrogens with one attached hydrogen (secondary N) is 2. The Bertz CT molecular complexity index is 767. The monoisotopic (exact) mass is 293 g/mol. The SMILES string of the molecule is CC1CN(c2ncc3[nH]ccc3n2)CC(c2ccccc2)N1. The molecule has 2 aromatic heterocycles. The summed E-state index contributed by atoms with van der Waals surface area (Å²) < 4.78 is 0. The number of aromatic amines is 1. The van der Waals surface area contributed by atoms with Crippen molar-refractivity contribution in [1.29, 1.82) is 0 Å². The van der Waals surface area contributed by atoms with Crippen LogP contribution < -0.4 is 10.2 Å². The van der Waals surface area contributed by atoms with Gasteiger partial charge in [0.15, 0.2) is 0 Å². The van der Waals surface area contributed by atoms with Gasteiger partial charge in [-0.2, -0.15) is 0 Å². The Kier molecular flexibility index (Phi) is 3.27. The van der Waals surface area contributed by atoms with E-state index < -0.39 is 0 Å². The number of nitrogens with zero attached hydrogens (tertiary/aromatic N) is 3. The minimum atomic E-state index is 0.301. The Morgan fingerprint density at radius 3 is 2.86 bits per heavy atom. The van der Waals surface area contributed by atoms with E-state index in [4.69, 9.17) is 0 Å². The largest absolute Gasteiger partial charge is 0.359 e. The molecule has 0 spiro atoms. The number of piperazine rings is 1. The first-order valence-corrected chi connectivity index (χ1v) is 7.65. The molecule has 0 radical (unpaired) electrons. The van der Waals surface area contributed by atoms with Gasteiger partial charge in [0.1, 0.15) is 0 Å². The summed E-state index contributed by atoms with van der Waals surface area (Å²) in [5.74, 6) is 0.807. The molecule has 112 valence electrons.